The number of hydrogen-bond acceptors (Lipinski definition) is 22. The zero-order valence-electron chi connectivity index (χ0n) is 43.6. The summed E-state index contributed by atoms with van der Waals surface area (Å²) < 4.78 is 35.3. The number of allylic oxidation sites excluding steroid dienone is 10. The van der Waals surface area contributed by atoms with E-state index in [0.29, 0.717) is 12.8 Å². The topological polar surface area (TPSA) is 399 Å². The van der Waals surface area contributed by atoms with Crippen molar-refractivity contribution in [2.75, 3.05) is 6.61 Å². The molecule has 0 amide bonds. The molecule has 16 N–H and O–H groups in total. The molecule has 0 saturated carbocycles. The fraction of sp³-hybridized carbons (Fsp3) is 0.736. The Labute approximate surface area is 443 Å². The Morgan fingerprint density at radius 1 is 0.658 bits per heavy atom. The van der Waals surface area contributed by atoms with Crippen LogP contribution in [0.1, 0.15) is 91.9 Å². The predicted octanol–water partition coefficient (Wildman–Crippen LogP) is -1.24. The van der Waals surface area contributed by atoms with Crippen LogP contribution in [0.2, 0.25) is 0 Å². The van der Waals surface area contributed by atoms with Crippen LogP contribution in [-0.4, -0.2) is 218 Å². The normalized spacial score (nSPS) is 46.6. The van der Waals surface area contributed by atoms with Gasteiger partial charge in [-0.2, -0.15) is 0 Å². The molecule has 3 fully saturated rings. The van der Waals surface area contributed by atoms with Crippen molar-refractivity contribution in [1.29, 1.82) is 0 Å². The van der Waals surface area contributed by atoms with Gasteiger partial charge in [0.25, 0.3) is 0 Å². The largest absolute Gasteiger partial charge is 0.481 e. The average Bonchev–Trinajstić information content (AvgIpc) is 3.34. The maximum absolute atomic E-state index is 13.1. The first-order valence-corrected chi connectivity index (χ1v) is 26.2. The minimum absolute atomic E-state index is 0.168. The summed E-state index contributed by atoms with van der Waals surface area (Å²) in [4.78, 5) is 25.6. The number of cyclic esters (lactones) is 1. The van der Waals surface area contributed by atoms with Crippen molar-refractivity contribution in [1.82, 2.24) is 0 Å². The lowest BCUT2D eigenvalue weighted by molar-refractivity contribution is -0.318. The molecule has 0 aromatic heterocycles. The smallest absolute Gasteiger partial charge is 0.311 e. The van der Waals surface area contributed by atoms with Crippen molar-refractivity contribution in [2.24, 2.45) is 23.5 Å². The van der Waals surface area contributed by atoms with Gasteiger partial charge in [0.05, 0.1) is 86.2 Å². The Kier molecular flexibility index (Phi) is 26.9. The number of fused-ring (bicyclic) bond motifs is 2. The van der Waals surface area contributed by atoms with Gasteiger partial charge in [0, 0.05) is 37.5 Å². The van der Waals surface area contributed by atoms with Gasteiger partial charge in [-0.1, -0.05) is 86.8 Å². The van der Waals surface area contributed by atoms with Crippen molar-refractivity contribution in [3.63, 3.8) is 0 Å². The van der Waals surface area contributed by atoms with Crippen molar-refractivity contribution >= 4 is 11.9 Å². The van der Waals surface area contributed by atoms with Gasteiger partial charge in [-0.05, 0) is 46.0 Å². The number of carboxylic acids is 1. The minimum atomic E-state index is -2.36. The summed E-state index contributed by atoms with van der Waals surface area (Å²) in [6.07, 6.45) is -7.33. The molecule has 0 aromatic carbocycles. The van der Waals surface area contributed by atoms with Crippen molar-refractivity contribution in [3.05, 3.63) is 72.9 Å². The van der Waals surface area contributed by atoms with E-state index < -0.39 is 190 Å². The van der Waals surface area contributed by atoms with Crippen molar-refractivity contribution in [3.8, 4) is 0 Å². The highest BCUT2D eigenvalue weighted by atomic mass is 16.7. The van der Waals surface area contributed by atoms with Crippen LogP contribution in [0.15, 0.2) is 72.9 Å². The zero-order chi connectivity index (χ0) is 56.4. The first kappa shape index (κ1) is 65.1. The summed E-state index contributed by atoms with van der Waals surface area (Å²) in [5.41, 5.74) is 6.04. The molecule has 0 aromatic rings. The summed E-state index contributed by atoms with van der Waals surface area (Å²) in [5, 5.41) is 150. The molecule has 434 valence electrons. The molecule has 76 heavy (non-hydrogen) atoms. The monoisotopic (exact) mass is 1090 g/mol. The molecule has 4 aliphatic heterocycles. The number of nitrogens with two attached hydrogens (primary N) is 1. The van der Waals surface area contributed by atoms with Gasteiger partial charge >= 0.3 is 11.9 Å². The molecule has 0 spiro atoms. The number of hydrogen-bond donors (Lipinski definition) is 15. The second kappa shape index (κ2) is 31.4. The molecule has 4 rings (SSSR count). The van der Waals surface area contributed by atoms with Gasteiger partial charge in [-0.15, -0.1) is 0 Å². The molecular formula is C53H85NO22. The predicted molar refractivity (Wildman–Crippen MR) is 270 cm³/mol. The first-order valence-electron chi connectivity index (χ1n) is 26.2. The lowest BCUT2D eigenvalue weighted by atomic mass is 9.82. The molecule has 4 heterocycles. The van der Waals surface area contributed by atoms with E-state index in [4.69, 9.17) is 34.2 Å². The quantitative estimate of drug-likeness (QED) is 0.138. The Hall–Kier alpha value is -3.38. The maximum atomic E-state index is 13.1. The van der Waals surface area contributed by atoms with Gasteiger partial charge < -0.3 is 106 Å². The molecule has 23 nitrogen and oxygen atoms in total. The van der Waals surface area contributed by atoms with Crippen LogP contribution in [0.5, 0.6) is 0 Å². The van der Waals surface area contributed by atoms with E-state index in [1.807, 2.05) is 37.3 Å². The number of carbonyl (C=O) groups is 2. The standard InChI is InChI=1S/C53H85NO22/c1-28-17-15-13-11-9-7-5-6-8-10-12-14-16-18-35(73-51-46(65)43(54)44(63)31(4)72-51)24-39-42(50(68)69)38(61)26-53(70,76-39)25-34(58)22-37(60)36(59)20-19-32(56)21-33(57)23-41(62)71-30(3)29(2)49(28)75-52-48(67)47(66)45(64)40(27-55)74-52/h5-6,8,10-18,28-40,42-49,51-52,55-61,63-67,70H,7,9,19-27,54H2,1-4H3,(H,68,69)/b6-5+,10-8+,13-11+,14-12+,17-15+,18-16+/t28-,29-,30-,31+,32+,33+,34-,35-,36+,37+,38-,39-,40+,42+,43-,44+,45+,46-,47-,48+,49+,51-,52?,53+/m0/s1. The van der Waals surface area contributed by atoms with E-state index in [9.17, 15) is 81.1 Å². The lowest BCUT2D eigenvalue weighted by Gasteiger charge is -2.45. The SMILES string of the molecule is C[C@@H]1[C@H](OC2O[C@H](CO)[C@@H](O)[C@H](O)[C@H]2O)[C@@H](C)/C=C/C=C/CC/C=C/C=C/C=C/C=C/[C@H](O[C@@H]2O[C@H](C)[C@@H](O)[C@H](N)[C@@H]2O)C[C@@H]2O[C@](O)(C[C@@H](O)C[C@@H](O)[C@H](O)CC[C@@H](O)C[C@@H](O)CC(=O)O[C@H]1C)C[C@H](O)[C@H]2C(=O)O. The average molecular weight is 1090 g/mol. The fourth-order valence-electron chi connectivity index (χ4n) is 9.69. The van der Waals surface area contributed by atoms with E-state index >= 15 is 0 Å². The van der Waals surface area contributed by atoms with E-state index in [0.717, 1.165) is 0 Å². The molecule has 3 saturated heterocycles. The fourth-order valence-corrected chi connectivity index (χ4v) is 9.69. The van der Waals surface area contributed by atoms with Crippen molar-refractivity contribution in [2.45, 2.75) is 220 Å². The van der Waals surface area contributed by atoms with Crippen LogP contribution in [-0.2, 0) is 38.0 Å². The second-order valence-corrected chi connectivity index (χ2v) is 20.7. The third-order valence-electron chi connectivity index (χ3n) is 14.3. The highest BCUT2D eigenvalue weighted by Gasteiger charge is 2.51. The molecule has 0 aliphatic carbocycles. The number of aliphatic hydroxyl groups excluding tert-OH is 12. The number of rotatable bonds is 6. The van der Waals surface area contributed by atoms with Gasteiger partial charge in [0.15, 0.2) is 18.4 Å². The summed E-state index contributed by atoms with van der Waals surface area (Å²) in [6.45, 7) is 5.96. The number of ether oxygens (including phenoxy) is 6. The van der Waals surface area contributed by atoms with E-state index in [1.54, 1.807) is 50.3 Å². The van der Waals surface area contributed by atoms with Crippen LogP contribution in [0.3, 0.4) is 0 Å². The zero-order valence-corrected chi connectivity index (χ0v) is 43.6. The van der Waals surface area contributed by atoms with Crippen molar-refractivity contribution < 1.29 is 110 Å². The molecule has 4 aliphatic rings. The Morgan fingerprint density at radius 3 is 1.93 bits per heavy atom. The number of esters is 1. The molecule has 24 atom stereocenters. The minimum Gasteiger partial charge on any atom is -0.481 e. The summed E-state index contributed by atoms with van der Waals surface area (Å²) in [6, 6.07) is -1.17. The number of carbonyl (C=O) groups excluding carboxylic acids is 1. The van der Waals surface area contributed by atoms with Crippen LogP contribution < -0.4 is 5.73 Å². The van der Waals surface area contributed by atoms with Crippen LogP contribution in [0, 0.1) is 17.8 Å². The maximum Gasteiger partial charge on any atom is 0.311 e. The lowest BCUT2D eigenvalue weighted by Crippen LogP contribution is -2.61. The third-order valence-corrected chi connectivity index (χ3v) is 14.3. The van der Waals surface area contributed by atoms with Gasteiger partial charge in [0.2, 0.25) is 0 Å². The van der Waals surface area contributed by atoms with Gasteiger partial charge in [-0.3, -0.25) is 9.59 Å². The van der Waals surface area contributed by atoms with E-state index in [2.05, 4.69) is 0 Å². The van der Waals surface area contributed by atoms with E-state index in [1.165, 1.54) is 13.0 Å². The van der Waals surface area contributed by atoms with E-state index in [-0.39, 0.29) is 25.7 Å². The second-order valence-electron chi connectivity index (χ2n) is 20.7. The highest BCUT2D eigenvalue weighted by Crippen LogP contribution is 2.38. The Balaban J connectivity index is 1.56. The van der Waals surface area contributed by atoms with Crippen LogP contribution in [0.25, 0.3) is 0 Å². The molecule has 2 bridgehead atoms. The van der Waals surface area contributed by atoms with Gasteiger partial charge in [0.1, 0.15) is 42.5 Å². The third kappa shape index (κ3) is 19.8. The highest BCUT2D eigenvalue weighted by molar-refractivity contribution is 5.71. The van der Waals surface area contributed by atoms with Gasteiger partial charge in [-0.25, -0.2) is 0 Å². The van der Waals surface area contributed by atoms with Crippen LogP contribution in [0.4, 0.5) is 0 Å². The number of aliphatic hydroxyl groups is 13. The Morgan fingerprint density at radius 2 is 1.28 bits per heavy atom. The summed E-state index contributed by atoms with van der Waals surface area (Å²) in [7, 11) is 0. The molecule has 1 unspecified atom stereocenters. The molecule has 23 heteroatoms. The Bertz CT molecular complexity index is 1930. The number of carboxylic acid groups (broad SMARTS) is 1. The first-order chi connectivity index (χ1) is 35.9. The summed E-state index contributed by atoms with van der Waals surface area (Å²) >= 11 is 0. The van der Waals surface area contributed by atoms with Crippen LogP contribution >= 0.6 is 0 Å². The number of aliphatic carboxylic acids is 1. The summed E-state index contributed by atoms with van der Waals surface area (Å²) in [5.74, 6) is -7.32. The molecule has 0 radical (unpaired) electrons. The molecular weight excluding hydrogens is 1000 g/mol.